The van der Waals surface area contributed by atoms with Crippen LogP contribution in [0.3, 0.4) is 0 Å². The highest BCUT2D eigenvalue weighted by atomic mass is 32.2. The Labute approximate surface area is 83.4 Å². The van der Waals surface area contributed by atoms with Crippen molar-refractivity contribution in [2.24, 2.45) is 5.73 Å². The highest BCUT2D eigenvalue weighted by Gasteiger charge is 1.98. The van der Waals surface area contributed by atoms with Gasteiger partial charge in [-0.05, 0) is 26.0 Å². The zero-order valence-electron chi connectivity index (χ0n) is 8.12. The zero-order valence-corrected chi connectivity index (χ0v) is 8.93. The molecule has 76 valence electrons. The van der Waals surface area contributed by atoms with Crippen molar-refractivity contribution in [2.75, 3.05) is 11.5 Å². The van der Waals surface area contributed by atoms with Gasteiger partial charge in [0, 0.05) is 17.4 Å². The summed E-state index contributed by atoms with van der Waals surface area (Å²) in [6, 6.07) is 0.233. The lowest BCUT2D eigenvalue weighted by Crippen LogP contribution is -2.15. The molecule has 0 amide bonds. The largest absolute Gasteiger partial charge is 0.478 e. The molecule has 0 radical (unpaired) electrons. The predicted octanol–water partition coefficient (Wildman–Crippen LogP) is 1.49. The number of hydrogen-bond acceptors (Lipinski definition) is 3. The van der Waals surface area contributed by atoms with Crippen LogP contribution < -0.4 is 5.73 Å². The van der Waals surface area contributed by atoms with Crippen molar-refractivity contribution in [1.29, 1.82) is 0 Å². The van der Waals surface area contributed by atoms with Crippen molar-refractivity contribution in [2.45, 2.75) is 26.3 Å². The molecule has 0 aliphatic rings. The van der Waals surface area contributed by atoms with Crippen molar-refractivity contribution in [1.82, 2.24) is 0 Å². The summed E-state index contributed by atoms with van der Waals surface area (Å²) >= 11 is 1.71. The third kappa shape index (κ3) is 7.87. The fourth-order valence-electron chi connectivity index (χ4n) is 0.624. The quantitative estimate of drug-likeness (QED) is 0.507. The van der Waals surface area contributed by atoms with Gasteiger partial charge in [0.25, 0.3) is 0 Å². The average molecular weight is 203 g/mol. The molecule has 1 atom stereocenters. The van der Waals surface area contributed by atoms with Crippen LogP contribution in [0.15, 0.2) is 11.6 Å². The van der Waals surface area contributed by atoms with Crippen LogP contribution in [0.5, 0.6) is 0 Å². The fraction of sp³-hybridized carbons (Fsp3) is 0.667. The van der Waals surface area contributed by atoms with Gasteiger partial charge < -0.3 is 10.8 Å². The summed E-state index contributed by atoms with van der Waals surface area (Å²) in [5.41, 5.74) is 5.97. The Bertz CT molecular complexity index is 190. The SMILES string of the molecule is CC(=CCSCCC(C)N)C(=O)O. The number of hydrogen-bond donors (Lipinski definition) is 2. The van der Waals surface area contributed by atoms with Crippen LogP contribution in [0.4, 0.5) is 0 Å². The molecule has 4 heteroatoms. The van der Waals surface area contributed by atoms with Crippen LogP contribution in [0.1, 0.15) is 20.3 Å². The molecular formula is C9H17NO2S. The van der Waals surface area contributed by atoms with E-state index in [1.807, 2.05) is 6.92 Å². The number of thioether (sulfide) groups is 1. The van der Waals surface area contributed by atoms with Crippen LogP contribution in [-0.2, 0) is 4.79 Å². The van der Waals surface area contributed by atoms with Gasteiger partial charge in [0.15, 0.2) is 0 Å². The minimum Gasteiger partial charge on any atom is -0.478 e. The minimum atomic E-state index is -0.840. The first kappa shape index (κ1) is 12.5. The monoisotopic (exact) mass is 203 g/mol. The molecule has 0 saturated carbocycles. The maximum Gasteiger partial charge on any atom is 0.330 e. The molecule has 0 aromatic heterocycles. The molecule has 0 aliphatic carbocycles. The van der Waals surface area contributed by atoms with Gasteiger partial charge in [0.2, 0.25) is 0 Å². The Kier molecular flexibility index (Phi) is 6.72. The second kappa shape index (κ2) is 6.97. The molecule has 0 rings (SSSR count). The zero-order chi connectivity index (χ0) is 10.3. The van der Waals surface area contributed by atoms with E-state index in [0.717, 1.165) is 17.9 Å². The molecule has 1 unspecified atom stereocenters. The first-order valence-corrected chi connectivity index (χ1v) is 5.43. The van der Waals surface area contributed by atoms with Crippen LogP contribution in [0.2, 0.25) is 0 Å². The van der Waals surface area contributed by atoms with Crippen LogP contribution >= 0.6 is 11.8 Å². The molecule has 0 aromatic carbocycles. The van der Waals surface area contributed by atoms with E-state index in [0.29, 0.717) is 5.57 Å². The summed E-state index contributed by atoms with van der Waals surface area (Å²) in [6.45, 7) is 3.58. The lowest BCUT2D eigenvalue weighted by atomic mass is 10.3. The van der Waals surface area contributed by atoms with Crippen LogP contribution in [-0.4, -0.2) is 28.6 Å². The van der Waals surface area contributed by atoms with Gasteiger partial charge in [-0.1, -0.05) is 6.08 Å². The number of carbonyl (C=O) groups is 1. The maximum absolute atomic E-state index is 10.4. The molecule has 0 spiro atoms. The summed E-state index contributed by atoms with van der Waals surface area (Å²) < 4.78 is 0. The highest BCUT2D eigenvalue weighted by Crippen LogP contribution is 2.05. The van der Waals surface area contributed by atoms with E-state index in [2.05, 4.69) is 0 Å². The Morgan fingerprint density at radius 3 is 2.77 bits per heavy atom. The minimum absolute atomic E-state index is 0.233. The van der Waals surface area contributed by atoms with Crippen molar-refractivity contribution < 1.29 is 9.90 Å². The van der Waals surface area contributed by atoms with Crippen molar-refractivity contribution in [3.8, 4) is 0 Å². The topological polar surface area (TPSA) is 63.3 Å². The normalized spacial score (nSPS) is 14.2. The van der Waals surface area contributed by atoms with Crippen molar-refractivity contribution >= 4 is 17.7 Å². The molecule has 3 nitrogen and oxygen atoms in total. The van der Waals surface area contributed by atoms with E-state index in [9.17, 15) is 4.79 Å². The number of carboxylic acid groups (broad SMARTS) is 1. The Hall–Kier alpha value is -0.480. The third-order valence-electron chi connectivity index (χ3n) is 1.56. The van der Waals surface area contributed by atoms with Gasteiger partial charge in [0.1, 0.15) is 0 Å². The fourth-order valence-corrected chi connectivity index (χ4v) is 1.70. The molecule has 3 N–H and O–H groups in total. The first-order chi connectivity index (χ1) is 6.04. The number of rotatable bonds is 6. The van der Waals surface area contributed by atoms with Crippen LogP contribution in [0, 0.1) is 0 Å². The summed E-state index contributed by atoms with van der Waals surface area (Å²) in [5, 5.41) is 8.53. The van der Waals surface area contributed by atoms with Crippen molar-refractivity contribution in [3.63, 3.8) is 0 Å². The summed E-state index contributed by atoms with van der Waals surface area (Å²) in [4.78, 5) is 10.4. The summed E-state index contributed by atoms with van der Waals surface area (Å²) in [5.74, 6) is 0.902. The lowest BCUT2D eigenvalue weighted by Gasteiger charge is -2.02. The highest BCUT2D eigenvalue weighted by molar-refractivity contribution is 7.99. The van der Waals surface area contributed by atoms with Gasteiger partial charge >= 0.3 is 5.97 Å². The van der Waals surface area contributed by atoms with E-state index >= 15 is 0 Å². The van der Waals surface area contributed by atoms with E-state index in [4.69, 9.17) is 10.8 Å². The second-order valence-corrected chi connectivity index (χ2v) is 4.18. The smallest absolute Gasteiger partial charge is 0.330 e. The van der Waals surface area contributed by atoms with Crippen LogP contribution in [0.25, 0.3) is 0 Å². The van der Waals surface area contributed by atoms with E-state index in [-0.39, 0.29) is 6.04 Å². The molecule has 0 fully saturated rings. The molecule has 13 heavy (non-hydrogen) atoms. The lowest BCUT2D eigenvalue weighted by molar-refractivity contribution is -0.132. The van der Waals surface area contributed by atoms with Crippen molar-refractivity contribution in [3.05, 3.63) is 11.6 Å². The van der Waals surface area contributed by atoms with E-state index < -0.39 is 5.97 Å². The molecule has 0 saturated heterocycles. The third-order valence-corrected chi connectivity index (χ3v) is 2.49. The molecule has 0 heterocycles. The van der Waals surface area contributed by atoms with E-state index in [1.165, 1.54) is 0 Å². The predicted molar refractivity (Wildman–Crippen MR) is 57.0 cm³/mol. The van der Waals surface area contributed by atoms with Gasteiger partial charge in [-0.3, -0.25) is 0 Å². The number of nitrogens with two attached hydrogens (primary N) is 1. The second-order valence-electron chi connectivity index (χ2n) is 3.03. The van der Waals surface area contributed by atoms with Gasteiger partial charge in [0.05, 0.1) is 0 Å². The molecule has 0 bridgehead atoms. The average Bonchev–Trinajstić information content (AvgIpc) is 2.02. The Balaban J connectivity index is 3.45. The van der Waals surface area contributed by atoms with Gasteiger partial charge in [-0.15, -0.1) is 0 Å². The maximum atomic E-state index is 10.4. The molecule has 0 aliphatic heterocycles. The summed E-state index contributed by atoms with van der Waals surface area (Å²) in [7, 11) is 0. The first-order valence-electron chi connectivity index (χ1n) is 4.27. The molecule has 0 aromatic rings. The molecular weight excluding hydrogens is 186 g/mol. The number of aliphatic carboxylic acids is 1. The van der Waals surface area contributed by atoms with Gasteiger partial charge in [-0.2, -0.15) is 11.8 Å². The summed E-state index contributed by atoms with van der Waals surface area (Å²) in [6.07, 6.45) is 2.71. The Morgan fingerprint density at radius 1 is 1.69 bits per heavy atom. The van der Waals surface area contributed by atoms with E-state index in [1.54, 1.807) is 24.8 Å². The standard InChI is InChI=1S/C9H17NO2S/c1-7(9(11)12)3-5-13-6-4-8(2)10/h3,8H,4-6,10H2,1-2H3,(H,11,12). The number of carboxylic acids is 1. The van der Waals surface area contributed by atoms with Gasteiger partial charge in [-0.25, -0.2) is 4.79 Å². The Morgan fingerprint density at radius 2 is 2.31 bits per heavy atom.